The van der Waals surface area contributed by atoms with Crippen LogP contribution in [0.25, 0.3) is 0 Å². The lowest BCUT2D eigenvalue weighted by Crippen LogP contribution is -2.28. The van der Waals surface area contributed by atoms with Crippen molar-refractivity contribution in [3.8, 4) is 0 Å². The van der Waals surface area contributed by atoms with Gasteiger partial charge >= 0.3 is 6.09 Å². The fourth-order valence-corrected chi connectivity index (χ4v) is 1.34. The van der Waals surface area contributed by atoms with Crippen LogP contribution in [0.2, 0.25) is 0 Å². The zero-order chi connectivity index (χ0) is 12.1. The van der Waals surface area contributed by atoms with E-state index in [4.69, 9.17) is 5.73 Å². The van der Waals surface area contributed by atoms with Crippen LogP contribution in [0.1, 0.15) is 5.69 Å². The van der Waals surface area contributed by atoms with E-state index in [1.165, 1.54) is 4.90 Å². The van der Waals surface area contributed by atoms with Gasteiger partial charge in [-0.3, -0.25) is 9.48 Å². The molecule has 0 aliphatic carbocycles. The van der Waals surface area contributed by atoms with Crippen molar-refractivity contribution in [2.45, 2.75) is 6.92 Å². The monoisotopic (exact) mass is 226 g/mol. The zero-order valence-corrected chi connectivity index (χ0v) is 9.21. The van der Waals surface area contributed by atoms with E-state index in [-0.39, 0.29) is 13.2 Å². The van der Waals surface area contributed by atoms with Gasteiger partial charge in [0.1, 0.15) is 6.61 Å². The van der Waals surface area contributed by atoms with E-state index in [2.05, 4.69) is 9.84 Å². The largest absolute Gasteiger partial charge is 0.448 e. The SMILES string of the molecule is Cc1nn(C)cc1N(C=O)CCOC(N)=O. The Balaban J connectivity index is 2.64. The number of primary amides is 1. The fraction of sp³-hybridized carbons (Fsp3) is 0.444. The summed E-state index contributed by atoms with van der Waals surface area (Å²) in [5.41, 5.74) is 6.22. The molecule has 88 valence electrons. The number of hydrogen-bond donors (Lipinski definition) is 1. The van der Waals surface area contributed by atoms with Crippen molar-refractivity contribution < 1.29 is 14.3 Å². The van der Waals surface area contributed by atoms with Gasteiger partial charge in [0.15, 0.2) is 0 Å². The molecule has 0 aromatic carbocycles. The maximum Gasteiger partial charge on any atom is 0.404 e. The first-order valence-corrected chi connectivity index (χ1v) is 4.69. The fourth-order valence-electron chi connectivity index (χ4n) is 1.34. The minimum Gasteiger partial charge on any atom is -0.448 e. The van der Waals surface area contributed by atoms with Crippen molar-refractivity contribution in [1.29, 1.82) is 0 Å². The minimum atomic E-state index is -0.853. The van der Waals surface area contributed by atoms with Gasteiger partial charge < -0.3 is 15.4 Å². The Bertz CT molecular complexity index is 388. The second-order valence-electron chi connectivity index (χ2n) is 3.24. The Morgan fingerprint density at radius 3 is 2.88 bits per heavy atom. The number of carbonyl (C=O) groups excluding carboxylic acids is 2. The average molecular weight is 226 g/mol. The molecule has 0 radical (unpaired) electrons. The van der Waals surface area contributed by atoms with Crippen molar-refractivity contribution in [2.75, 3.05) is 18.1 Å². The third-order valence-electron chi connectivity index (χ3n) is 2.00. The van der Waals surface area contributed by atoms with E-state index in [0.717, 1.165) is 5.69 Å². The lowest BCUT2D eigenvalue weighted by Gasteiger charge is -2.15. The van der Waals surface area contributed by atoms with Crippen LogP contribution in [0.3, 0.4) is 0 Å². The number of rotatable bonds is 5. The molecule has 7 nitrogen and oxygen atoms in total. The Kier molecular flexibility index (Phi) is 3.87. The van der Waals surface area contributed by atoms with Crippen molar-refractivity contribution in [1.82, 2.24) is 9.78 Å². The lowest BCUT2D eigenvalue weighted by atomic mass is 10.3. The lowest BCUT2D eigenvalue weighted by molar-refractivity contribution is -0.107. The number of anilines is 1. The summed E-state index contributed by atoms with van der Waals surface area (Å²) in [7, 11) is 1.76. The van der Waals surface area contributed by atoms with E-state index < -0.39 is 6.09 Å². The van der Waals surface area contributed by atoms with E-state index in [1.54, 1.807) is 24.9 Å². The molecule has 16 heavy (non-hydrogen) atoms. The predicted molar refractivity (Wildman–Crippen MR) is 56.9 cm³/mol. The molecule has 0 bridgehead atoms. The zero-order valence-electron chi connectivity index (χ0n) is 9.21. The van der Waals surface area contributed by atoms with Gasteiger partial charge in [0.25, 0.3) is 0 Å². The highest BCUT2D eigenvalue weighted by atomic mass is 16.5. The second kappa shape index (κ2) is 5.15. The van der Waals surface area contributed by atoms with E-state index in [9.17, 15) is 9.59 Å². The summed E-state index contributed by atoms with van der Waals surface area (Å²) >= 11 is 0. The maximum absolute atomic E-state index is 10.9. The molecule has 0 aliphatic heterocycles. The van der Waals surface area contributed by atoms with Crippen molar-refractivity contribution in [3.63, 3.8) is 0 Å². The predicted octanol–water partition coefficient (Wildman–Crippen LogP) is -0.213. The van der Waals surface area contributed by atoms with Crippen LogP contribution in [0.4, 0.5) is 10.5 Å². The number of nitrogens with zero attached hydrogens (tertiary/aromatic N) is 3. The summed E-state index contributed by atoms with van der Waals surface area (Å²) in [4.78, 5) is 22.6. The number of aromatic nitrogens is 2. The summed E-state index contributed by atoms with van der Waals surface area (Å²) < 4.78 is 6.16. The molecule has 0 spiro atoms. The van der Waals surface area contributed by atoms with Gasteiger partial charge in [-0.15, -0.1) is 0 Å². The Morgan fingerprint density at radius 2 is 2.44 bits per heavy atom. The van der Waals surface area contributed by atoms with E-state index in [1.807, 2.05) is 0 Å². The molecular formula is C9H14N4O3. The molecule has 1 heterocycles. The number of amides is 2. The van der Waals surface area contributed by atoms with Crippen molar-refractivity contribution >= 4 is 18.2 Å². The second-order valence-corrected chi connectivity index (χ2v) is 3.24. The standard InChI is InChI=1S/C9H14N4O3/c1-7-8(5-12(2)11-7)13(6-14)3-4-16-9(10)15/h5-6H,3-4H2,1-2H3,(H2,10,15). The number of aryl methyl sites for hydroxylation is 2. The van der Waals surface area contributed by atoms with Crippen LogP contribution in [0.15, 0.2) is 6.20 Å². The smallest absolute Gasteiger partial charge is 0.404 e. The molecule has 0 saturated carbocycles. The number of nitrogens with two attached hydrogens (primary N) is 1. The van der Waals surface area contributed by atoms with Crippen molar-refractivity contribution in [3.05, 3.63) is 11.9 Å². The van der Waals surface area contributed by atoms with Gasteiger partial charge in [-0.2, -0.15) is 5.10 Å². The summed E-state index contributed by atoms with van der Waals surface area (Å²) in [5, 5.41) is 4.11. The molecular weight excluding hydrogens is 212 g/mol. The van der Waals surface area contributed by atoms with Gasteiger partial charge in [0.2, 0.25) is 6.41 Å². The summed E-state index contributed by atoms with van der Waals surface area (Å²) in [6, 6.07) is 0. The van der Waals surface area contributed by atoms with Gasteiger partial charge in [0.05, 0.1) is 17.9 Å². The molecule has 0 saturated heterocycles. The van der Waals surface area contributed by atoms with Crippen LogP contribution < -0.4 is 10.6 Å². The van der Waals surface area contributed by atoms with Crippen LogP contribution in [-0.4, -0.2) is 35.4 Å². The highest BCUT2D eigenvalue weighted by Crippen LogP contribution is 2.16. The van der Waals surface area contributed by atoms with Crippen LogP contribution in [-0.2, 0) is 16.6 Å². The Hall–Kier alpha value is -2.05. The number of hydrogen-bond acceptors (Lipinski definition) is 4. The molecule has 1 rings (SSSR count). The maximum atomic E-state index is 10.9. The number of ether oxygens (including phenoxy) is 1. The third-order valence-corrected chi connectivity index (χ3v) is 2.00. The summed E-state index contributed by atoms with van der Waals surface area (Å²) in [5.74, 6) is 0. The first kappa shape index (κ1) is 12.0. The van der Waals surface area contributed by atoms with Crippen LogP contribution in [0.5, 0.6) is 0 Å². The van der Waals surface area contributed by atoms with Crippen molar-refractivity contribution in [2.24, 2.45) is 12.8 Å². The first-order chi connectivity index (χ1) is 7.54. The quantitative estimate of drug-likeness (QED) is 0.703. The van der Waals surface area contributed by atoms with Crippen LogP contribution in [0, 0.1) is 6.92 Å². The molecule has 2 N–H and O–H groups in total. The topological polar surface area (TPSA) is 90.4 Å². The van der Waals surface area contributed by atoms with E-state index in [0.29, 0.717) is 12.1 Å². The van der Waals surface area contributed by atoms with Gasteiger partial charge in [-0.1, -0.05) is 0 Å². The Morgan fingerprint density at radius 1 is 1.75 bits per heavy atom. The van der Waals surface area contributed by atoms with Gasteiger partial charge in [0, 0.05) is 13.2 Å². The number of carbonyl (C=O) groups is 2. The summed E-state index contributed by atoms with van der Waals surface area (Å²) in [6.45, 7) is 2.10. The highest BCUT2D eigenvalue weighted by Gasteiger charge is 2.11. The highest BCUT2D eigenvalue weighted by molar-refractivity contribution is 5.76. The first-order valence-electron chi connectivity index (χ1n) is 4.69. The van der Waals surface area contributed by atoms with Gasteiger partial charge in [-0.25, -0.2) is 4.79 Å². The molecule has 0 fully saturated rings. The molecule has 1 aromatic rings. The van der Waals surface area contributed by atoms with E-state index >= 15 is 0 Å². The third kappa shape index (κ3) is 2.97. The minimum absolute atomic E-state index is 0.0579. The molecule has 0 atom stereocenters. The van der Waals surface area contributed by atoms with Crippen LogP contribution >= 0.6 is 0 Å². The molecule has 2 amide bonds. The Labute approximate surface area is 92.8 Å². The van der Waals surface area contributed by atoms with Gasteiger partial charge in [-0.05, 0) is 6.92 Å². The average Bonchev–Trinajstić information content (AvgIpc) is 2.52. The molecule has 7 heteroatoms. The molecule has 0 unspecified atom stereocenters. The molecule has 1 aromatic heterocycles. The normalized spacial score (nSPS) is 9.88. The summed E-state index contributed by atoms with van der Waals surface area (Å²) in [6.07, 6.45) is 1.52. The molecule has 0 aliphatic rings.